The lowest BCUT2D eigenvalue weighted by Gasteiger charge is -2.29. The number of aromatic nitrogens is 4. The van der Waals surface area contributed by atoms with Gasteiger partial charge in [0.1, 0.15) is 18.3 Å². The summed E-state index contributed by atoms with van der Waals surface area (Å²) in [5.41, 5.74) is 1.71. The fourth-order valence-corrected chi connectivity index (χ4v) is 4.03. The van der Waals surface area contributed by atoms with Crippen LogP contribution in [0.1, 0.15) is 41.7 Å². The number of carbonyl (C=O) groups is 2. The molecule has 1 aliphatic heterocycles. The Kier molecular flexibility index (Phi) is 5.25. The lowest BCUT2D eigenvalue weighted by Crippen LogP contribution is -2.39. The molecule has 156 valence electrons. The molecule has 4 rings (SSSR count). The maximum atomic E-state index is 12.6. The molecule has 0 saturated heterocycles. The zero-order chi connectivity index (χ0) is 21.3. The molecule has 0 bridgehead atoms. The maximum absolute atomic E-state index is 12.6. The van der Waals surface area contributed by atoms with E-state index in [4.69, 9.17) is 4.74 Å². The normalized spacial score (nSPS) is 13.6. The number of nitrogens with zero attached hydrogens (tertiary/aromatic N) is 5. The Morgan fingerprint density at radius 2 is 1.97 bits per heavy atom. The number of hydrogen-bond acceptors (Lipinski definition) is 7. The molecule has 2 amide bonds. The summed E-state index contributed by atoms with van der Waals surface area (Å²) in [6, 6.07) is 7.05. The van der Waals surface area contributed by atoms with E-state index < -0.39 is 5.60 Å². The summed E-state index contributed by atoms with van der Waals surface area (Å²) < 4.78 is 7.07. The molecule has 0 aliphatic carbocycles. The average molecular weight is 427 g/mol. The topological polar surface area (TPSA) is 102 Å². The van der Waals surface area contributed by atoms with E-state index in [1.165, 1.54) is 17.7 Å². The van der Waals surface area contributed by atoms with Crippen LogP contribution in [0.25, 0.3) is 5.69 Å². The Morgan fingerprint density at radius 1 is 1.20 bits per heavy atom. The smallest absolute Gasteiger partial charge is 0.410 e. The minimum Gasteiger partial charge on any atom is -0.444 e. The van der Waals surface area contributed by atoms with Gasteiger partial charge in [-0.15, -0.1) is 0 Å². The second-order valence-corrected chi connectivity index (χ2v) is 8.97. The fraction of sp³-hybridized carbons (Fsp3) is 0.350. The SMILES string of the molecule is CC(C)(C)OC(=O)N1CCc2nc(NC(=O)c3ccc(-n4cncn4)cc3)sc2C1. The lowest BCUT2D eigenvalue weighted by molar-refractivity contribution is 0.0225. The molecule has 1 N–H and O–H groups in total. The maximum Gasteiger partial charge on any atom is 0.410 e. The first-order valence-electron chi connectivity index (χ1n) is 9.51. The Morgan fingerprint density at radius 3 is 2.63 bits per heavy atom. The van der Waals surface area contributed by atoms with Gasteiger partial charge in [-0.3, -0.25) is 10.1 Å². The third kappa shape index (κ3) is 4.48. The molecule has 1 aliphatic rings. The quantitative estimate of drug-likeness (QED) is 0.690. The molecule has 0 atom stereocenters. The monoisotopic (exact) mass is 426 g/mol. The number of benzene rings is 1. The van der Waals surface area contributed by atoms with Crippen LogP contribution in [0.15, 0.2) is 36.9 Å². The van der Waals surface area contributed by atoms with Crippen LogP contribution in [0.3, 0.4) is 0 Å². The molecule has 0 saturated carbocycles. The van der Waals surface area contributed by atoms with Gasteiger partial charge >= 0.3 is 6.09 Å². The number of fused-ring (bicyclic) bond motifs is 1. The summed E-state index contributed by atoms with van der Waals surface area (Å²) in [6.45, 7) is 6.52. The van der Waals surface area contributed by atoms with Crippen molar-refractivity contribution in [1.29, 1.82) is 0 Å². The van der Waals surface area contributed by atoms with E-state index in [1.807, 2.05) is 20.8 Å². The largest absolute Gasteiger partial charge is 0.444 e. The molecule has 0 fully saturated rings. The number of nitrogens with one attached hydrogen (secondary N) is 1. The standard InChI is InChI=1S/C20H22N6O3S/c1-20(2,3)29-19(28)25-9-8-15-16(10-25)30-18(23-15)24-17(27)13-4-6-14(7-5-13)26-12-21-11-22-26/h4-7,11-12H,8-10H2,1-3H3,(H,23,24,27). The predicted molar refractivity (Wildman–Crippen MR) is 112 cm³/mol. The zero-order valence-electron chi connectivity index (χ0n) is 17.0. The van der Waals surface area contributed by atoms with Crippen molar-refractivity contribution in [3.63, 3.8) is 0 Å². The molecule has 30 heavy (non-hydrogen) atoms. The Labute approximate surface area is 177 Å². The third-order valence-electron chi connectivity index (χ3n) is 4.42. The van der Waals surface area contributed by atoms with E-state index in [1.54, 1.807) is 40.2 Å². The molecular formula is C20H22N6O3S. The van der Waals surface area contributed by atoms with Crippen LogP contribution in [-0.4, -0.2) is 48.8 Å². The molecule has 2 aromatic heterocycles. The summed E-state index contributed by atoms with van der Waals surface area (Å²) in [5.74, 6) is -0.241. The summed E-state index contributed by atoms with van der Waals surface area (Å²) in [6.07, 6.45) is 3.34. The van der Waals surface area contributed by atoms with Gasteiger partial charge in [-0.05, 0) is 45.0 Å². The van der Waals surface area contributed by atoms with Crippen molar-refractivity contribution in [2.24, 2.45) is 0 Å². The van der Waals surface area contributed by atoms with Crippen LogP contribution >= 0.6 is 11.3 Å². The second-order valence-electron chi connectivity index (χ2n) is 7.88. The van der Waals surface area contributed by atoms with Crippen LogP contribution in [0.2, 0.25) is 0 Å². The first-order chi connectivity index (χ1) is 14.3. The van der Waals surface area contributed by atoms with Gasteiger partial charge in [0.2, 0.25) is 0 Å². The van der Waals surface area contributed by atoms with Gasteiger partial charge in [0, 0.05) is 23.4 Å². The fourth-order valence-electron chi connectivity index (χ4n) is 3.01. The first kappa shape index (κ1) is 20.0. The first-order valence-corrected chi connectivity index (χ1v) is 10.3. The summed E-state index contributed by atoms with van der Waals surface area (Å²) >= 11 is 1.38. The van der Waals surface area contributed by atoms with Gasteiger partial charge in [0.05, 0.1) is 17.9 Å². The molecular weight excluding hydrogens is 404 g/mol. The molecule has 1 aromatic carbocycles. The predicted octanol–water partition coefficient (Wildman–Crippen LogP) is 3.27. The van der Waals surface area contributed by atoms with Gasteiger partial charge < -0.3 is 9.64 Å². The number of carbonyl (C=O) groups excluding carboxylic acids is 2. The van der Waals surface area contributed by atoms with E-state index in [0.29, 0.717) is 30.2 Å². The van der Waals surface area contributed by atoms with Crippen molar-refractivity contribution >= 4 is 28.5 Å². The number of rotatable bonds is 3. The summed E-state index contributed by atoms with van der Waals surface area (Å²) in [4.78, 5) is 36.0. The Hall–Kier alpha value is -3.27. The Balaban J connectivity index is 1.41. The number of amides is 2. The number of anilines is 1. The lowest BCUT2D eigenvalue weighted by atomic mass is 10.2. The summed E-state index contributed by atoms with van der Waals surface area (Å²) in [7, 11) is 0. The zero-order valence-corrected chi connectivity index (χ0v) is 17.8. The van der Waals surface area contributed by atoms with Crippen molar-refractivity contribution in [2.75, 3.05) is 11.9 Å². The van der Waals surface area contributed by atoms with Crippen molar-refractivity contribution in [1.82, 2.24) is 24.6 Å². The average Bonchev–Trinajstić information content (AvgIpc) is 3.35. The third-order valence-corrected chi connectivity index (χ3v) is 5.41. The van der Waals surface area contributed by atoms with Gasteiger partial charge in [0.25, 0.3) is 5.91 Å². The molecule has 9 nitrogen and oxygen atoms in total. The van der Waals surface area contributed by atoms with Gasteiger partial charge in [0.15, 0.2) is 5.13 Å². The minimum absolute atomic E-state index is 0.241. The van der Waals surface area contributed by atoms with E-state index in [-0.39, 0.29) is 12.0 Å². The number of thiazole rings is 1. The van der Waals surface area contributed by atoms with E-state index in [9.17, 15) is 9.59 Å². The van der Waals surface area contributed by atoms with Gasteiger partial charge in [-0.25, -0.2) is 19.4 Å². The molecule has 0 spiro atoms. The molecule has 0 radical (unpaired) electrons. The van der Waals surface area contributed by atoms with Gasteiger partial charge in [-0.2, -0.15) is 5.10 Å². The minimum atomic E-state index is -0.534. The van der Waals surface area contributed by atoms with Gasteiger partial charge in [-0.1, -0.05) is 11.3 Å². The highest BCUT2D eigenvalue weighted by atomic mass is 32.1. The van der Waals surface area contributed by atoms with Crippen LogP contribution < -0.4 is 5.32 Å². The van der Waals surface area contributed by atoms with Crippen LogP contribution in [0.5, 0.6) is 0 Å². The molecule has 3 heterocycles. The molecule has 10 heteroatoms. The van der Waals surface area contributed by atoms with Crippen molar-refractivity contribution < 1.29 is 14.3 Å². The number of ether oxygens (including phenoxy) is 1. The number of hydrogen-bond donors (Lipinski definition) is 1. The van der Waals surface area contributed by atoms with Crippen molar-refractivity contribution in [2.45, 2.75) is 39.3 Å². The highest BCUT2D eigenvalue weighted by Crippen LogP contribution is 2.29. The van der Waals surface area contributed by atoms with Crippen molar-refractivity contribution in [3.05, 3.63) is 53.1 Å². The molecule has 3 aromatic rings. The highest BCUT2D eigenvalue weighted by Gasteiger charge is 2.28. The summed E-state index contributed by atoms with van der Waals surface area (Å²) in [5, 5.41) is 7.44. The van der Waals surface area contributed by atoms with E-state index in [2.05, 4.69) is 20.4 Å². The van der Waals surface area contributed by atoms with Crippen molar-refractivity contribution in [3.8, 4) is 5.69 Å². The van der Waals surface area contributed by atoms with E-state index in [0.717, 1.165) is 16.3 Å². The molecule has 0 unspecified atom stereocenters. The Bertz CT molecular complexity index is 1050. The second kappa shape index (κ2) is 7.86. The van der Waals surface area contributed by atoms with Crippen LogP contribution in [0.4, 0.5) is 9.93 Å². The van der Waals surface area contributed by atoms with E-state index >= 15 is 0 Å². The van der Waals surface area contributed by atoms with Crippen LogP contribution in [-0.2, 0) is 17.7 Å². The van der Waals surface area contributed by atoms with Crippen LogP contribution in [0, 0.1) is 0 Å². The highest BCUT2D eigenvalue weighted by molar-refractivity contribution is 7.15.